The third kappa shape index (κ3) is 8.41. The van der Waals surface area contributed by atoms with Crippen LogP contribution in [0.2, 0.25) is 0 Å². The number of hydrogen-bond donors (Lipinski definition) is 2. The molecule has 0 aromatic carbocycles. The summed E-state index contributed by atoms with van der Waals surface area (Å²) in [5.74, 6) is -0.264. The number of carboxylic acid groups (broad SMARTS) is 1. The predicted octanol–water partition coefficient (Wildman–Crippen LogP) is 2.77. The number of carbonyl (C=O) groups is 1. The lowest BCUT2D eigenvalue weighted by Crippen LogP contribution is -2.33. The van der Waals surface area contributed by atoms with Gasteiger partial charge in [-0.3, -0.25) is 4.79 Å². The molecule has 0 atom stereocenters. The van der Waals surface area contributed by atoms with E-state index in [-0.39, 0.29) is 17.6 Å². The average molecular weight is 319 g/mol. The van der Waals surface area contributed by atoms with Crippen LogP contribution < -0.4 is 4.72 Å². The van der Waals surface area contributed by atoms with Gasteiger partial charge in [0.2, 0.25) is 10.0 Å². The molecular formula is C15H29NO4S. The quantitative estimate of drug-likeness (QED) is 0.684. The fourth-order valence-electron chi connectivity index (χ4n) is 2.84. The van der Waals surface area contributed by atoms with Crippen LogP contribution in [-0.4, -0.2) is 31.8 Å². The molecule has 6 heteroatoms. The molecule has 1 saturated carbocycles. The van der Waals surface area contributed by atoms with Crippen molar-refractivity contribution in [1.29, 1.82) is 0 Å². The van der Waals surface area contributed by atoms with Crippen LogP contribution in [-0.2, 0) is 14.8 Å². The Labute approximate surface area is 128 Å². The first kappa shape index (κ1) is 18.4. The molecule has 5 nitrogen and oxygen atoms in total. The van der Waals surface area contributed by atoms with E-state index in [2.05, 4.69) is 4.72 Å². The number of hydrogen-bond acceptors (Lipinski definition) is 3. The third-order valence-electron chi connectivity index (χ3n) is 4.32. The van der Waals surface area contributed by atoms with Crippen molar-refractivity contribution in [2.45, 2.75) is 65.2 Å². The summed E-state index contributed by atoms with van der Waals surface area (Å²) in [5.41, 5.74) is -0.161. The third-order valence-corrected chi connectivity index (χ3v) is 5.87. The van der Waals surface area contributed by atoms with Gasteiger partial charge in [-0.25, -0.2) is 13.1 Å². The van der Waals surface area contributed by atoms with E-state index in [1.807, 2.05) is 13.8 Å². The van der Waals surface area contributed by atoms with Crippen LogP contribution >= 0.6 is 0 Å². The van der Waals surface area contributed by atoms with Gasteiger partial charge in [0.1, 0.15) is 0 Å². The minimum atomic E-state index is -3.20. The molecule has 0 spiro atoms. The van der Waals surface area contributed by atoms with Gasteiger partial charge in [-0.1, -0.05) is 33.1 Å². The summed E-state index contributed by atoms with van der Waals surface area (Å²) in [6, 6.07) is 0. The van der Waals surface area contributed by atoms with E-state index in [0.29, 0.717) is 25.3 Å². The highest BCUT2D eigenvalue weighted by Gasteiger charge is 2.23. The molecule has 1 fully saturated rings. The summed E-state index contributed by atoms with van der Waals surface area (Å²) in [6.07, 6.45) is 6.89. The van der Waals surface area contributed by atoms with Crippen LogP contribution in [0, 0.1) is 11.3 Å². The van der Waals surface area contributed by atoms with Gasteiger partial charge in [-0.05, 0) is 37.0 Å². The van der Waals surface area contributed by atoms with Gasteiger partial charge < -0.3 is 5.11 Å². The Morgan fingerprint density at radius 1 is 1.19 bits per heavy atom. The van der Waals surface area contributed by atoms with Crippen molar-refractivity contribution in [3.63, 3.8) is 0 Å². The maximum atomic E-state index is 12.0. The van der Waals surface area contributed by atoms with Gasteiger partial charge in [0.05, 0.1) is 5.75 Å². The van der Waals surface area contributed by atoms with Gasteiger partial charge in [0, 0.05) is 13.0 Å². The number of sulfonamides is 1. The van der Waals surface area contributed by atoms with E-state index in [0.717, 1.165) is 25.7 Å². The zero-order valence-corrected chi connectivity index (χ0v) is 14.0. The van der Waals surface area contributed by atoms with E-state index >= 15 is 0 Å². The van der Waals surface area contributed by atoms with Crippen molar-refractivity contribution < 1.29 is 18.3 Å². The van der Waals surface area contributed by atoms with Crippen molar-refractivity contribution in [3.05, 3.63) is 0 Å². The second-order valence-electron chi connectivity index (χ2n) is 6.99. The molecule has 0 aromatic rings. The minimum Gasteiger partial charge on any atom is -0.481 e. The molecule has 0 amide bonds. The summed E-state index contributed by atoms with van der Waals surface area (Å²) in [4.78, 5) is 10.6. The number of nitrogens with one attached hydrogen (secondary N) is 1. The Kier molecular flexibility index (Phi) is 7.13. The molecule has 0 aromatic heterocycles. The van der Waals surface area contributed by atoms with Crippen molar-refractivity contribution in [3.8, 4) is 0 Å². The molecule has 21 heavy (non-hydrogen) atoms. The molecule has 0 heterocycles. The van der Waals surface area contributed by atoms with Crippen LogP contribution in [0.4, 0.5) is 0 Å². The van der Waals surface area contributed by atoms with Gasteiger partial charge in [-0.2, -0.15) is 0 Å². The molecule has 0 bridgehead atoms. The fourth-order valence-corrected chi connectivity index (χ4v) is 4.32. The molecule has 0 radical (unpaired) electrons. The van der Waals surface area contributed by atoms with E-state index < -0.39 is 16.0 Å². The zero-order chi connectivity index (χ0) is 15.9. The van der Waals surface area contributed by atoms with Crippen LogP contribution in [0.3, 0.4) is 0 Å². The van der Waals surface area contributed by atoms with E-state index in [9.17, 15) is 13.2 Å². The fraction of sp³-hybridized carbons (Fsp3) is 0.933. The Morgan fingerprint density at radius 2 is 1.81 bits per heavy atom. The molecule has 0 unspecified atom stereocenters. The Bertz CT molecular complexity index is 425. The van der Waals surface area contributed by atoms with Gasteiger partial charge in [-0.15, -0.1) is 0 Å². The van der Waals surface area contributed by atoms with E-state index in [1.54, 1.807) is 0 Å². The Morgan fingerprint density at radius 3 is 2.38 bits per heavy atom. The lowest BCUT2D eigenvalue weighted by molar-refractivity contribution is -0.137. The van der Waals surface area contributed by atoms with Gasteiger partial charge in [0.25, 0.3) is 0 Å². The Hall–Kier alpha value is -0.620. The largest absolute Gasteiger partial charge is 0.481 e. The van der Waals surface area contributed by atoms with E-state index in [4.69, 9.17) is 5.11 Å². The molecule has 0 aliphatic heterocycles. The summed E-state index contributed by atoms with van der Waals surface area (Å²) in [6.45, 7) is 4.35. The summed E-state index contributed by atoms with van der Waals surface area (Å²) >= 11 is 0. The highest BCUT2D eigenvalue weighted by molar-refractivity contribution is 7.89. The number of rotatable bonds is 9. The highest BCUT2D eigenvalue weighted by Crippen LogP contribution is 2.27. The standard InChI is InChI=1S/C15H29NO4S/c1-15(2,9-8-14(17)18)10-11-16-21(19,20)12-13-6-4-3-5-7-13/h13,16H,3-12H2,1-2H3,(H,17,18). The van der Waals surface area contributed by atoms with Crippen molar-refractivity contribution >= 4 is 16.0 Å². The predicted molar refractivity (Wildman–Crippen MR) is 83.6 cm³/mol. The van der Waals surface area contributed by atoms with Crippen molar-refractivity contribution in [2.75, 3.05) is 12.3 Å². The molecule has 1 aliphatic rings. The maximum absolute atomic E-state index is 12.0. The molecule has 1 rings (SSSR count). The van der Waals surface area contributed by atoms with Gasteiger partial charge >= 0.3 is 5.97 Å². The van der Waals surface area contributed by atoms with Gasteiger partial charge in [0.15, 0.2) is 0 Å². The number of carboxylic acids is 1. The minimum absolute atomic E-state index is 0.127. The van der Waals surface area contributed by atoms with Crippen LogP contribution in [0.1, 0.15) is 65.2 Å². The molecule has 2 N–H and O–H groups in total. The maximum Gasteiger partial charge on any atom is 0.303 e. The molecule has 124 valence electrons. The van der Waals surface area contributed by atoms with Crippen LogP contribution in [0.15, 0.2) is 0 Å². The molecular weight excluding hydrogens is 290 g/mol. The second kappa shape index (κ2) is 8.13. The SMILES string of the molecule is CC(C)(CCNS(=O)(=O)CC1CCCCC1)CCC(=O)O. The first-order valence-corrected chi connectivity index (χ1v) is 9.55. The zero-order valence-electron chi connectivity index (χ0n) is 13.2. The lowest BCUT2D eigenvalue weighted by Gasteiger charge is -2.25. The van der Waals surface area contributed by atoms with E-state index in [1.165, 1.54) is 6.42 Å². The Balaban J connectivity index is 2.30. The first-order chi connectivity index (χ1) is 9.70. The number of aliphatic carboxylic acids is 1. The van der Waals surface area contributed by atoms with Crippen LogP contribution in [0.5, 0.6) is 0 Å². The van der Waals surface area contributed by atoms with Crippen molar-refractivity contribution in [1.82, 2.24) is 4.72 Å². The molecule has 0 saturated heterocycles. The second-order valence-corrected chi connectivity index (χ2v) is 8.84. The monoisotopic (exact) mass is 319 g/mol. The lowest BCUT2D eigenvalue weighted by atomic mass is 9.84. The summed E-state index contributed by atoms with van der Waals surface area (Å²) in [5, 5.41) is 8.70. The average Bonchev–Trinajstić information content (AvgIpc) is 2.36. The topological polar surface area (TPSA) is 83.5 Å². The van der Waals surface area contributed by atoms with Crippen molar-refractivity contribution in [2.24, 2.45) is 11.3 Å². The summed E-state index contributed by atoms with van der Waals surface area (Å²) in [7, 11) is -3.20. The summed E-state index contributed by atoms with van der Waals surface area (Å²) < 4.78 is 26.8. The first-order valence-electron chi connectivity index (χ1n) is 7.89. The molecule has 1 aliphatic carbocycles. The van der Waals surface area contributed by atoms with Crippen LogP contribution in [0.25, 0.3) is 0 Å². The highest BCUT2D eigenvalue weighted by atomic mass is 32.2. The smallest absolute Gasteiger partial charge is 0.303 e. The normalized spacial score (nSPS) is 17.8.